The molecule has 2 amide bonds. The summed E-state index contributed by atoms with van der Waals surface area (Å²) in [4.78, 5) is 24.7. The van der Waals surface area contributed by atoms with E-state index in [9.17, 15) is 14.7 Å². The average Bonchev–Trinajstić information content (AvgIpc) is 2.36. The van der Waals surface area contributed by atoms with Gasteiger partial charge in [0.05, 0.1) is 13.2 Å². The number of amides is 2. The Morgan fingerprint density at radius 1 is 1.50 bits per heavy atom. The highest BCUT2D eigenvalue weighted by molar-refractivity contribution is 5.83. The lowest BCUT2D eigenvalue weighted by Gasteiger charge is -2.37. The molecule has 6 heteroatoms. The fourth-order valence-electron chi connectivity index (χ4n) is 2.37. The Balaban J connectivity index is 2.40. The zero-order valence-corrected chi connectivity index (χ0v) is 12.2. The van der Waals surface area contributed by atoms with Crippen LogP contribution >= 0.6 is 0 Å². The molecule has 2 N–H and O–H groups in total. The number of rotatable bonds is 6. The summed E-state index contributed by atoms with van der Waals surface area (Å²) >= 11 is 0. The van der Waals surface area contributed by atoms with Crippen LogP contribution in [0.25, 0.3) is 0 Å². The van der Waals surface area contributed by atoms with Crippen LogP contribution in [0.1, 0.15) is 26.7 Å². The molecule has 6 nitrogen and oxygen atoms in total. The SMILES string of the molecule is C=C(C)COCCNC(=O)N1CCCC(C)C1C(=O)O. The minimum absolute atomic E-state index is 0.0216. The van der Waals surface area contributed by atoms with Gasteiger partial charge in [-0.1, -0.05) is 19.1 Å². The number of hydrogen-bond donors (Lipinski definition) is 2. The Labute approximate surface area is 119 Å². The van der Waals surface area contributed by atoms with Crippen LogP contribution in [0.4, 0.5) is 4.79 Å². The smallest absolute Gasteiger partial charge is 0.326 e. The summed E-state index contributed by atoms with van der Waals surface area (Å²) in [5.74, 6) is -0.961. The number of carboxylic acid groups (broad SMARTS) is 1. The summed E-state index contributed by atoms with van der Waals surface area (Å²) in [6.07, 6.45) is 1.67. The first-order valence-electron chi connectivity index (χ1n) is 6.93. The van der Waals surface area contributed by atoms with Crippen LogP contribution < -0.4 is 5.32 Å². The van der Waals surface area contributed by atoms with Crippen molar-refractivity contribution in [2.75, 3.05) is 26.3 Å². The van der Waals surface area contributed by atoms with E-state index in [0.717, 1.165) is 18.4 Å². The van der Waals surface area contributed by atoms with Crippen LogP contribution in [0, 0.1) is 5.92 Å². The Morgan fingerprint density at radius 2 is 2.20 bits per heavy atom. The van der Waals surface area contributed by atoms with Crippen LogP contribution in [-0.2, 0) is 9.53 Å². The highest BCUT2D eigenvalue weighted by Crippen LogP contribution is 2.23. The van der Waals surface area contributed by atoms with Gasteiger partial charge in [0.1, 0.15) is 6.04 Å². The predicted octanol–water partition coefficient (Wildman–Crippen LogP) is 1.47. The number of aliphatic carboxylic acids is 1. The minimum Gasteiger partial charge on any atom is -0.480 e. The lowest BCUT2D eigenvalue weighted by molar-refractivity contribution is -0.145. The van der Waals surface area contributed by atoms with Gasteiger partial charge in [0.25, 0.3) is 0 Å². The lowest BCUT2D eigenvalue weighted by atomic mass is 9.91. The lowest BCUT2D eigenvalue weighted by Crippen LogP contribution is -2.55. The molecule has 0 aromatic heterocycles. The van der Waals surface area contributed by atoms with Gasteiger partial charge in [0.15, 0.2) is 0 Å². The van der Waals surface area contributed by atoms with Crippen LogP contribution in [0.5, 0.6) is 0 Å². The topological polar surface area (TPSA) is 78.9 Å². The molecule has 0 aliphatic carbocycles. The number of carboxylic acids is 1. The summed E-state index contributed by atoms with van der Waals surface area (Å²) in [6, 6.07) is -1.07. The molecule has 0 saturated carbocycles. The summed E-state index contributed by atoms with van der Waals surface area (Å²) in [5.41, 5.74) is 0.923. The van der Waals surface area contributed by atoms with E-state index < -0.39 is 12.0 Å². The standard InChI is InChI=1S/C14H24N2O4/c1-10(2)9-20-8-6-15-14(19)16-7-4-5-11(3)12(16)13(17)18/h11-12H,1,4-9H2,2-3H3,(H,15,19)(H,17,18). The molecule has 0 spiro atoms. The molecule has 1 heterocycles. The molecule has 114 valence electrons. The third-order valence-corrected chi connectivity index (χ3v) is 3.32. The zero-order valence-electron chi connectivity index (χ0n) is 12.2. The van der Waals surface area contributed by atoms with Crippen molar-refractivity contribution >= 4 is 12.0 Å². The number of nitrogens with one attached hydrogen (secondary N) is 1. The van der Waals surface area contributed by atoms with Crippen molar-refractivity contribution in [3.8, 4) is 0 Å². The number of ether oxygens (including phenoxy) is 1. The summed E-state index contributed by atoms with van der Waals surface area (Å²) in [5, 5.41) is 11.9. The number of urea groups is 1. The monoisotopic (exact) mass is 284 g/mol. The number of likely N-dealkylation sites (tertiary alicyclic amines) is 1. The zero-order chi connectivity index (χ0) is 15.1. The van der Waals surface area contributed by atoms with Gasteiger partial charge in [-0.15, -0.1) is 0 Å². The first-order valence-corrected chi connectivity index (χ1v) is 6.93. The number of carbonyl (C=O) groups is 2. The second-order valence-corrected chi connectivity index (χ2v) is 5.34. The van der Waals surface area contributed by atoms with Gasteiger partial charge in [-0.25, -0.2) is 9.59 Å². The van der Waals surface area contributed by atoms with Gasteiger partial charge in [-0.2, -0.15) is 0 Å². The fourth-order valence-corrected chi connectivity index (χ4v) is 2.37. The van der Waals surface area contributed by atoms with Crippen molar-refractivity contribution in [2.24, 2.45) is 5.92 Å². The van der Waals surface area contributed by atoms with Gasteiger partial charge in [-0.3, -0.25) is 0 Å². The van der Waals surface area contributed by atoms with Crippen molar-refractivity contribution in [3.05, 3.63) is 12.2 Å². The third kappa shape index (κ3) is 4.85. The maximum Gasteiger partial charge on any atom is 0.326 e. The van der Waals surface area contributed by atoms with E-state index in [4.69, 9.17) is 4.74 Å². The van der Waals surface area contributed by atoms with Crippen molar-refractivity contribution < 1.29 is 19.4 Å². The van der Waals surface area contributed by atoms with E-state index in [1.165, 1.54) is 4.90 Å². The van der Waals surface area contributed by atoms with E-state index >= 15 is 0 Å². The highest BCUT2D eigenvalue weighted by Gasteiger charge is 2.36. The molecular weight excluding hydrogens is 260 g/mol. The number of piperidine rings is 1. The molecule has 2 unspecified atom stereocenters. The number of nitrogens with zero attached hydrogens (tertiary/aromatic N) is 1. The van der Waals surface area contributed by atoms with Gasteiger partial charge >= 0.3 is 12.0 Å². The number of carbonyl (C=O) groups excluding carboxylic acids is 1. The van der Waals surface area contributed by atoms with Crippen LogP contribution in [0.3, 0.4) is 0 Å². The molecule has 1 aliphatic rings. The van der Waals surface area contributed by atoms with Gasteiger partial charge < -0.3 is 20.1 Å². The first kappa shape index (κ1) is 16.5. The Bertz CT molecular complexity index is 370. The van der Waals surface area contributed by atoms with E-state index in [1.807, 2.05) is 13.8 Å². The van der Waals surface area contributed by atoms with Crippen molar-refractivity contribution in [1.29, 1.82) is 0 Å². The van der Waals surface area contributed by atoms with Gasteiger partial charge in [0.2, 0.25) is 0 Å². The molecule has 1 aliphatic heterocycles. The Hall–Kier alpha value is -1.56. The minimum atomic E-state index is -0.939. The average molecular weight is 284 g/mol. The van der Waals surface area contributed by atoms with Crippen molar-refractivity contribution in [2.45, 2.75) is 32.7 Å². The quantitative estimate of drug-likeness (QED) is 0.572. The molecular formula is C14H24N2O4. The molecule has 1 fully saturated rings. The van der Waals surface area contributed by atoms with E-state index in [0.29, 0.717) is 26.3 Å². The highest BCUT2D eigenvalue weighted by atomic mass is 16.5. The van der Waals surface area contributed by atoms with E-state index in [1.54, 1.807) is 0 Å². The molecule has 0 aromatic rings. The fraction of sp³-hybridized carbons (Fsp3) is 0.714. The van der Waals surface area contributed by atoms with Crippen LogP contribution in [-0.4, -0.2) is 54.4 Å². The van der Waals surface area contributed by atoms with E-state index in [2.05, 4.69) is 11.9 Å². The van der Waals surface area contributed by atoms with Gasteiger partial charge in [0, 0.05) is 13.1 Å². The molecule has 1 rings (SSSR count). The maximum atomic E-state index is 12.0. The van der Waals surface area contributed by atoms with Crippen LogP contribution in [0.15, 0.2) is 12.2 Å². The maximum absolute atomic E-state index is 12.0. The Kier molecular flexibility index (Phi) is 6.51. The Morgan fingerprint density at radius 3 is 2.80 bits per heavy atom. The van der Waals surface area contributed by atoms with Gasteiger partial charge in [-0.05, 0) is 25.7 Å². The van der Waals surface area contributed by atoms with Crippen LogP contribution in [0.2, 0.25) is 0 Å². The van der Waals surface area contributed by atoms with Crippen molar-refractivity contribution in [3.63, 3.8) is 0 Å². The number of hydrogen-bond acceptors (Lipinski definition) is 3. The summed E-state index contributed by atoms with van der Waals surface area (Å²) in [7, 11) is 0. The molecule has 20 heavy (non-hydrogen) atoms. The van der Waals surface area contributed by atoms with Crippen molar-refractivity contribution in [1.82, 2.24) is 10.2 Å². The second kappa shape index (κ2) is 7.89. The molecule has 0 bridgehead atoms. The second-order valence-electron chi connectivity index (χ2n) is 5.34. The third-order valence-electron chi connectivity index (χ3n) is 3.32. The molecule has 1 saturated heterocycles. The summed E-state index contributed by atoms with van der Waals surface area (Å²) < 4.78 is 5.28. The first-order chi connectivity index (χ1) is 9.43. The molecule has 0 aromatic carbocycles. The molecule has 2 atom stereocenters. The normalized spacial score (nSPS) is 22.4. The molecule has 0 radical (unpaired) electrons. The largest absolute Gasteiger partial charge is 0.480 e. The van der Waals surface area contributed by atoms with E-state index in [-0.39, 0.29) is 11.9 Å². The summed E-state index contributed by atoms with van der Waals surface area (Å²) in [6.45, 7) is 9.15. The predicted molar refractivity (Wildman–Crippen MR) is 75.6 cm³/mol.